The molecule has 2 heterocycles. The minimum Gasteiger partial charge on any atom is -0.495 e. The zero-order valence-corrected chi connectivity index (χ0v) is 15.9. The molecule has 0 spiro atoms. The number of hydrogen-bond donors (Lipinski definition) is 2. The van der Waals surface area contributed by atoms with E-state index in [1.165, 1.54) is 18.4 Å². The van der Waals surface area contributed by atoms with Crippen molar-refractivity contribution < 1.29 is 14.3 Å². The Balaban J connectivity index is 1.90. The zero-order valence-electron chi connectivity index (χ0n) is 15.1. The maximum Gasteiger partial charge on any atom is 0.267 e. The van der Waals surface area contributed by atoms with Crippen LogP contribution >= 0.6 is 11.3 Å². The standard InChI is InChI=1S/C19H18N4O3S/c1-11-16(27-19(22-11)13-6-4-5-9-21-13)18(25)23-14-10-12(17(24)20-2)7-8-15(14)26-3/h4-10H,1-3H3,(H,20,24)(H,23,25). The first-order valence-corrected chi connectivity index (χ1v) is 8.95. The van der Waals surface area contributed by atoms with Crippen LogP contribution in [0.4, 0.5) is 5.69 Å². The molecule has 2 N–H and O–H groups in total. The van der Waals surface area contributed by atoms with Gasteiger partial charge in [0, 0.05) is 18.8 Å². The molecule has 0 saturated heterocycles. The smallest absolute Gasteiger partial charge is 0.267 e. The van der Waals surface area contributed by atoms with Crippen molar-refractivity contribution in [2.45, 2.75) is 6.92 Å². The molecule has 0 radical (unpaired) electrons. The second-order valence-electron chi connectivity index (χ2n) is 5.60. The van der Waals surface area contributed by atoms with Crippen molar-refractivity contribution in [1.82, 2.24) is 15.3 Å². The van der Waals surface area contributed by atoms with E-state index in [0.29, 0.717) is 38.3 Å². The highest BCUT2D eigenvalue weighted by atomic mass is 32.1. The summed E-state index contributed by atoms with van der Waals surface area (Å²) in [4.78, 5) is 33.8. The largest absolute Gasteiger partial charge is 0.495 e. The summed E-state index contributed by atoms with van der Waals surface area (Å²) in [6.07, 6.45) is 1.68. The second kappa shape index (κ2) is 7.96. The lowest BCUT2D eigenvalue weighted by molar-refractivity contribution is 0.0961. The fourth-order valence-electron chi connectivity index (χ4n) is 2.48. The highest BCUT2D eigenvalue weighted by Crippen LogP contribution is 2.30. The molecular weight excluding hydrogens is 364 g/mol. The van der Waals surface area contributed by atoms with E-state index in [9.17, 15) is 9.59 Å². The number of aryl methyl sites for hydroxylation is 1. The molecule has 8 heteroatoms. The van der Waals surface area contributed by atoms with Gasteiger partial charge in [-0.2, -0.15) is 0 Å². The number of aromatic nitrogens is 2. The number of benzene rings is 1. The molecule has 3 aromatic rings. The first-order chi connectivity index (χ1) is 13.0. The summed E-state index contributed by atoms with van der Waals surface area (Å²) in [6.45, 7) is 1.77. The van der Waals surface area contributed by atoms with Gasteiger partial charge < -0.3 is 15.4 Å². The van der Waals surface area contributed by atoms with Gasteiger partial charge in [-0.1, -0.05) is 6.07 Å². The number of hydrogen-bond acceptors (Lipinski definition) is 6. The van der Waals surface area contributed by atoms with Gasteiger partial charge in [0.25, 0.3) is 11.8 Å². The number of carbonyl (C=O) groups is 2. The third kappa shape index (κ3) is 3.95. The van der Waals surface area contributed by atoms with Crippen LogP contribution < -0.4 is 15.4 Å². The number of methoxy groups -OCH3 is 1. The molecule has 0 aliphatic rings. The SMILES string of the molecule is CNC(=O)c1ccc(OC)c(NC(=O)c2sc(-c3ccccn3)nc2C)c1. The predicted octanol–water partition coefficient (Wildman–Crippen LogP) is 3.13. The van der Waals surface area contributed by atoms with E-state index in [1.54, 1.807) is 38.4 Å². The number of anilines is 1. The minimum atomic E-state index is -0.320. The van der Waals surface area contributed by atoms with Crippen LogP contribution in [0.15, 0.2) is 42.6 Å². The molecule has 0 saturated carbocycles. The molecule has 27 heavy (non-hydrogen) atoms. The van der Waals surface area contributed by atoms with E-state index >= 15 is 0 Å². The predicted molar refractivity (Wildman–Crippen MR) is 104 cm³/mol. The fourth-order valence-corrected chi connectivity index (χ4v) is 3.41. The van der Waals surface area contributed by atoms with Crippen molar-refractivity contribution in [2.75, 3.05) is 19.5 Å². The van der Waals surface area contributed by atoms with Gasteiger partial charge in [-0.15, -0.1) is 11.3 Å². The van der Waals surface area contributed by atoms with Gasteiger partial charge in [0.2, 0.25) is 0 Å². The van der Waals surface area contributed by atoms with Crippen LogP contribution in [-0.2, 0) is 0 Å². The normalized spacial score (nSPS) is 10.3. The molecule has 1 aromatic carbocycles. The van der Waals surface area contributed by atoms with Crippen molar-refractivity contribution in [1.29, 1.82) is 0 Å². The summed E-state index contributed by atoms with van der Waals surface area (Å²) in [5.74, 6) is -0.109. The molecule has 2 aromatic heterocycles. The summed E-state index contributed by atoms with van der Waals surface area (Å²) >= 11 is 1.26. The molecule has 2 amide bonds. The molecule has 0 atom stereocenters. The van der Waals surface area contributed by atoms with E-state index < -0.39 is 0 Å². The number of thiazole rings is 1. The minimum absolute atomic E-state index is 0.250. The Morgan fingerprint density at radius 2 is 1.96 bits per heavy atom. The van der Waals surface area contributed by atoms with E-state index in [1.807, 2.05) is 18.2 Å². The number of pyridine rings is 1. The molecule has 0 aliphatic carbocycles. The van der Waals surface area contributed by atoms with Crippen LogP contribution in [-0.4, -0.2) is 35.9 Å². The van der Waals surface area contributed by atoms with Crippen LogP contribution in [0.25, 0.3) is 10.7 Å². The second-order valence-corrected chi connectivity index (χ2v) is 6.60. The number of carbonyl (C=O) groups excluding carboxylic acids is 2. The Kier molecular flexibility index (Phi) is 5.46. The van der Waals surface area contributed by atoms with E-state index in [4.69, 9.17) is 4.74 Å². The average molecular weight is 382 g/mol. The lowest BCUT2D eigenvalue weighted by Crippen LogP contribution is -2.18. The first kappa shape index (κ1) is 18.5. The molecule has 0 bridgehead atoms. The third-order valence-electron chi connectivity index (χ3n) is 3.82. The molecule has 138 valence electrons. The van der Waals surface area contributed by atoms with E-state index in [-0.39, 0.29) is 11.8 Å². The Hall–Kier alpha value is -3.26. The quantitative estimate of drug-likeness (QED) is 0.707. The molecule has 7 nitrogen and oxygen atoms in total. The Morgan fingerprint density at radius 1 is 1.15 bits per heavy atom. The summed E-state index contributed by atoms with van der Waals surface area (Å²) in [5, 5.41) is 6.03. The maximum atomic E-state index is 12.8. The van der Waals surface area contributed by atoms with Gasteiger partial charge in [-0.05, 0) is 37.3 Å². The summed E-state index contributed by atoms with van der Waals surface area (Å²) in [7, 11) is 3.05. The summed E-state index contributed by atoms with van der Waals surface area (Å²) in [5.41, 5.74) is 2.16. The van der Waals surface area contributed by atoms with Crippen LogP contribution in [0.1, 0.15) is 25.7 Å². The zero-order chi connectivity index (χ0) is 19.4. The Morgan fingerprint density at radius 3 is 2.63 bits per heavy atom. The number of nitrogens with zero attached hydrogens (tertiary/aromatic N) is 2. The molecule has 0 unspecified atom stereocenters. The maximum absolute atomic E-state index is 12.8. The van der Waals surface area contributed by atoms with Gasteiger partial charge in [0.15, 0.2) is 0 Å². The monoisotopic (exact) mass is 382 g/mol. The highest BCUT2D eigenvalue weighted by Gasteiger charge is 2.19. The van der Waals surface area contributed by atoms with Crippen molar-refractivity contribution in [3.05, 3.63) is 58.7 Å². The topological polar surface area (TPSA) is 93.2 Å². The summed E-state index contributed by atoms with van der Waals surface area (Å²) < 4.78 is 5.29. The fraction of sp³-hybridized carbons (Fsp3) is 0.158. The average Bonchev–Trinajstić information content (AvgIpc) is 3.09. The number of rotatable bonds is 5. The van der Waals surface area contributed by atoms with E-state index in [2.05, 4.69) is 20.6 Å². The third-order valence-corrected chi connectivity index (χ3v) is 5.00. The molecule has 0 fully saturated rings. The lowest BCUT2D eigenvalue weighted by Gasteiger charge is -2.11. The number of nitrogens with one attached hydrogen (secondary N) is 2. The Labute approximate surface area is 160 Å². The highest BCUT2D eigenvalue weighted by molar-refractivity contribution is 7.17. The van der Waals surface area contributed by atoms with Gasteiger partial charge in [0.05, 0.1) is 24.2 Å². The van der Waals surface area contributed by atoms with Gasteiger partial charge in [-0.3, -0.25) is 14.6 Å². The van der Waals surface area contributed by atoms with Crippen LogP contribution in [0, 0.1) is 6.92 Å². The van der Waals surface area contributed by atoms with E-state index in [0.717, 1.165) is 0 Å². The van der Waals surface area contributed by atoms with Crippen LogP contribution in [0.5, 0.6) is 5.75 Å². The Bertz CT molecular complexity index is 986. The molecular formula is C19H18N4O3S. The van der Waals surface area contributed by atoms with Gasteiger partial charge >= 0.3 is 0 Å². The molecule has 0 aliphatic heterocycles. The van der Waals surface area contributed by atoms with Crippen molar-refractivity contribution >= 4 is 28.8 Å². The number of amides is 2. The van der Waals surface area contributed by atoms with Gasteiger partial charge in [-0.25, -0.2) is 4.98 Å². The lowest BCUT2D eigenvalue weighted by atomic mass is 10.1. The first-order valence-electron chi connectivity index (χ1n) is 8.13. The molecule has 3 rings (SSSR count). The van der Waals surface area contributed by atoms with Crippen molar-refractivity contribution in [3.63, 3.8) is 0 Å². The number of ether oxygens (including phenoxy) is 1. The van der Waals surface area contributed by atoms with Gasteiger partial charge in [0.1, 0.15) is 15.6 Å². The summed E-state index contributed by atoms with van der Waals surface area (Å²) in [6, 6.07) is 10.4. The van der Waals surface area contributed by atoms with Crippen molar-refractivity contribution in [2.24, 2.45) is 0 Å². The van der Waals surface area contributed by atoms with Crippen LogP contribution in [0.3, 0.4) is 0 Å². The van der Waals surface area contributed by atoms with Crippen LogP contribution in [0.2, 0.25) is 0 Å². The van der Waals surface area contributed by atoms with Crippen molar-refractivity contribution in [3.8, 4) is 16.5 Å².